The van der Waals surface area contributed by atoms with Crippen LogP contribution in [0.5, 0.6) is 0 Å². The van der Waals surface area contributed by atoms with E-state index in [9.17, 15) is 0 Å². The molecule has 3 rings (SSSR count). The summed E-state index contributed by atoms with van der Waals surface area (Å²) in [6.45, 7) is 0. The molecule has 1 aliphatic rings. The third-order valence-corrected chi connectivity index (χ3v) is 4.11. The first-order chi connectivity index (χ1) is 8.81. The van der Waals surface area contributed by atoms with Crippen LogP contribution in [-0.2, 0) is 6.42 Å². The minimum Gasteiger partial charge on any atom is -0.313 e. The highest BCUT2D eigenvalue weighted by Gasteiger charge is 2.23. The van der Waals surface area contributed by atoms with Crippen LogP contribution in [-0.4, -0.2) is 7.05 Å². The molecule has 2 heteroatoms. The van der Waals surface area contributed by atoms with Crippen LogP contribution in [0.4, 0.5) is 0 Å². The van der Waals surface area contributed by atoms with Gasteiger partial charge in [0.15, 0.2) is 0 Å². The molecule has 92 valence electrons. The standard InChI is InChI=1S/C16H16ClN/c1-18-16-10-9-12-11(6-4-7-14(12)16)13-5-2-3-8-15(13)17/h2-8,16,18H,9-10H2,1H3. The van der Waals surface area contributed by atoms with Gasteiger partial charge in [0, 0.05) is 16.6 Å². The molecule has 0 saturated carbocycles. The van der Waals surface area contributed by atoms with Crippen molar-refractivity contribution in [1.29, 1.82) is 0 Å². The molecule has 2 aromatic carbocycles. The highest BCUT2D eigenvalue weighted by Crippen LogP contribution is 2.39. The molecule has 0 fully saturated rings. The van der Waals surface area contributed by atoms with E-state index < -0.39 is 0 Å². The maximum absolute atomic E-state index is 6.32. The largest absolute Gasteiger partial charge is 0.313 e. The summed E-state index contributed by atoms with van der Waals surface area (Å²) in [5.74, 6) is 0. The number of benzene rings is 2. The van der Waals surface area contributed by atoms with Crippen LogP contribution in [0.25, 0.3) is 11.1 Å². The number of halogens is 1. The lowest BCUT2D eigenvalue weighted by Crippen LogP contribution is -2.12. The zero-order valence-electron chi connectivity index (χ0n) is 10.4. The first-order valence-corrected chi connectivity index (χ1v) is 6.73. The van der Waals surface area contributed by atoms with E-state index in [1.54, 1.807) is 0 Å². The van der Waals surface area contributed by atoms with E-state index in [0.717, 1.165) is 17.0 Å². The molecule has 1 nitrogen and oxygen atoms in total. The molecule has 0 heterocycles. The van der Waals surface area contributed by atoms with Gasteiger partial charge in [0.2, 0.25) is 0 Å². The van der Waals surface area contributed by atoms with Gasteiger partial charge in [0.1, 0.15) is 0 Å². The average molecular weight is 258 g/mol. The van der Waals surface area contributed by atoms with Crippen molar-refractivity contribution in [3.8, 4) is 11.1 Å². The van der Waals surface area contributed by atoms with Gasteiger partial charge in [-0.05, 0) is 42.6 Å². The Hall–Kier alpha value is -1.31. The Morgan fingerprint density at radius 3 is 2.61 bits per heavy atom. The Morgan fingerprint density at radius 2 is 1.83 bits per heavy atom. The highest BCUT2D eigenvalue weighted by atomic mass is 35.5. The quantitative estimate of drug-likeness (QED) is 0.850. The Kier molecular flexibility index (Phi) is 3.11. The Labute approximate surface area is 113 Å². The topological polar surface area (TPSA) is 12.0 Å². The highest BCUT2D eigenvalue weighted by molar-refractivity contribution is 6.33. The molecule has 0 aromatic heterocycles. The molecule has 1 unspecified atom stereocenters. The minimum atomic E-state index is 0.488. The molecule has 0 aliphatic heterocycles. The number of hydrogen-bond donors (Lipinski definition) is 1. The Morgan fingerprint density at radius 1 is 1.06 bits per heavy atom. The third-order valence-electron chi connectivity index (χ3n) is 3.78. The van der Waals surface area contributed by atoms with Crippen molar-refractivity contribution in [2.24, 2.45) is 0 Å². The summed E-state index contributed by atoms with van der Waals surface area (Å²) in [5.41, 5.74) is 5.31. The van der Waals surface area contributed by atoms with Crippen molar-refractivity contribution in [2.45, 2.75) is 18.9 Å². The molecule has 0 bridgehead atoms. The second kappa shape index (κ2) is 4.75. The van der Waals surface area contributed by atoms with Gasteiger partial charge in [-0.15, -0.1) is 0 Å². The fourth-order valence-electron chi connectivity index (χ4n) is 2.89. The molecule has 0 amide bonds. The van der Waals surface area contributed by atoms with E-state index in [0.29, 0.717) is 6.04 Å². The maximum atomic E-state index is 6.32. The second-order valence-corrected chi connectivity index (χ2v) is 5.14. The summed E-state index contributed by atoms with van der Waals surface area (Å²) >= 11 is 6.32. The van der Waals surface area contributed by atoms with E-state index in [4.69, 9.17) is 11.6 Å². The van der Waals surface area contributed by atoms with Gasteiger partial charge in [-0.2, -0.15) is 0 Å². The smallest absolute Gasteiger partial charge is 0.0484 e. The van der Waals surface area contributed by atoms with Crippen LogP contribution in [0.2, 0.25) is 5.02 Å². The fraction of sp³-hybridized carbons (Fsp3) is 0.250. The van der Waals surface area contributed by atoms with Crippen LogP contribution >= 0.6 is 11.6 Å². The lowest BCUT2D eigenvalue weighted by Gasteiger charge is -2.13. The Bertz CT molecular complexity index is 577. The average Bonchev–Trinajstić information content (AvgIpc) is 2.82. The van der Waals surface area contributed by atoms with E-state index in [1.165, 1.54) is 23.1 Å². The van der Waals surface area contributed by atoms with Crippen molar-refractivity contribution in [3.05, 3.63) is 58.6 Å². The van der Waals surface area contributed by atoms with Gasteiger partial charge in [0.05, 0.1) is 0 Å². The van der Waals surface area contributed by atoms with Gasteiger partial charge in [-0.25, -0.2) is 0 Å². The molecule has 0 saturated heterocycles. The second-order valence-electron chi connectivity index (χ2n) is 4.73. The van der Waals surface area contributed by atoms with Gasteiger partial charge >= 0.3 is 0 Å². The first-order valence-electron chi connectivity index (χ1n) is 6.35. The Balaban J connectivity index is 2.16. The summed E-state index contributed by atoms with van der Waals surface area (Å²) in [5, 5.41) is 4.21. The van der Waals surface area contributed by atoms with E-state index >= 15 is 0 Å². The molecule has 1 atom stereocenters. The van der Waals surface area contributed by atoms with Crippen molar-refractivity contribution in [2.75, 3.05) is 7.05 Å². The molecule has 1 aliphatic carbocycles. The first kappa shape index (κ1) is 11.8. The summed E-state index contributed by atoms with van der Waals surface area (Å²) in [6, 6.07) is 15.1. The van der Waals surface area contributed by atoms with Gasteiger partial charge in [-0.1, -0.05) is 48.0 Å². The number of rotatable bonds is 2. The van der Waals surface area contributed by atoms with Crippen LogP contribution in [0.3, 0.4) is 0 Å². The molecular weight excluding hydrogens is 242 g/mol. The molecule has 2 aromatic rings. The SMILES string of the molecule is CNC1CCc2c(-c3ccccc3Cl)cccc21. The van der Waals surface area contributed by atoms with Crippen LogP contribution in [0.15, 0.2) is 42.5 Å². The van der Waals surface area contributed by atoms with Gasteiger partial charge in [0.25, 0.3) is 0 Å². The minimum absolute atomic E-state index is 0.488. The number of nitrogens with one attached hydrogen (secondary N) is 1. The van der Waals surface area contributed by atoms with Crippen molar-refractivity contribution >= 4 is 11.6 Å². The van der Waals surface area contributed by atoms with Crippen LogP contribution in [0, 0.1) is 0 Å². The van der Waals surface area contributed by atoms with Crippen molar-refractivity contribution < 1.29 is 0 Å². The van der Waals surface area contributed by atoms with E-state index in [2.05, 4.69) is 29.6 Å². The molecule has 18 heavy (non-hydrogen) atoms. The molecule has 0 spiro atoms. The van der Waals surface area contributed by atoms with E-state index in [1.807, 2.05) is 25.2 Å². The van der Waals surface area contributed by atoms with Crippen molar-refractivity contribution in [3.63, 3.8) is 0 Å². The fourth-order valence-corrected chi connectivity index (χ4v) is 3.12. The molecular formula is C16H16ClN. The lowest BCUT2D eigenvalue weighted by molar-refractivity contribution is 0.590. The maximum Gasteiger partial charge on any atom is 0.0484 e. The number of fused-ring (bicyclic) bond motifs is 1. The van der Waals surface area contributed by atoms with Gasteiger partial charge < -0.3 is 5.32 Å². The molecule has 1 N–H and O–H groups in total. The molecule has 0 radical (unpaired) electrons. The predicted octanol–water partition coefficient (Wildman–Crippen LogP) is 4.21. The summed E-state index contributed by atoms with van der Waals surface area (Å²) in [6.07, 6.45) is 2.30. The summed E-state index contributed by atoms with van der Waals surface area (Å²) in [7, 11) is 2.03. The van der Waals surface area contributed by atoms with Gasteiger partial charge in [-0.3, -0.25) is 0 Å². The normalized spacial score (nSPS) is 17.8. The predicted molar refractivity (Wildman–Crippen MR) is 77.0 cm³/mol. The van der Waals surface area contributed by atoms with Crippen LogP contribution < -0.4 is 5.32 Å². The van der Waals surface area contributed by atoms with Crippen LogP contribution in [0.1, 0.15) is 23.6 Å². The zero-order chi connectivity index (χ0) is 12.5. The van der Waals surface area contributed by atoms with E-state index in [-0.39, 0.29) is 0 Å². The summed E-state index contributed by atoms with van der Waals surface area (Å²) < 4.78 is 0. The lowest BCUT2D eigenvalue weighted by atomic mass is 9.96. The number of hydrogen-bond acceptors (Lipinski definition) is 1. The summed E-state index contributed by atoms with van der Waals surface area (Å²) in [4.78, 5) is 0. The zero-order valence-corrected chi connectivity index (χ0v) is 11.2. The third kappa shape index (κ3) is 1.84. The van der Waals surface area contributed by atoms with Crippen molar-refractivity contribution in [1.82, 2.24) is 5.32 Å². The monoisotopic (exact) mass is 257 g/mol.